The van der Waals surface area contributed by atoms with Gasteiger partial charge in [0.2, 0.25) is 0 Å². The lowest BCUT2D eigenvalue weighted by molar-refractivity contribution is -0.236. The minimum absolute atomic E-state index is 0.0216. The summed E-state index contributed by atoms with van der Waals surface area (Å²) >= 11 is 0. The van der Waals surface area contributed by atoms with Gasteiger partial charge < -0.3 is 14.2 Å². The predicted octanol–water partition coefficient (Wildman–Crippen LogP) is 7.65. The van der Waals surface area contributed by atoms with E-state index >= 15 is 0 Å². The van der Waals surface area contributed by atoms with Crippen molar-refractivity contribution in [1.82, 2.24) is 0 Å². The molecule has 3 saturated carbocycles. The Hall–Kier alpha value is -1.16. The molecule has 0 unspecified atom stereocenters. The molecule has 1 aromatic rings. The molecular weight excluding hydrogens is 396 g/mol. The van der Waals surface area contributed by atoms with Crippen LogP contribution in [0.5, 0.6) is 0 Å². The fourth-order valence-corrected chi connectivity index (χ4v) is 6.23. The lowest BCUT2D eigenvalue weighted by atomic mass is 9.51. The zero-order valence-corrected chi connectivity index (χ0v) is 20.5. The maximum atomic E-state index is 6.10. The summed E-state index contributed by atoms with van der Waals surface area (Å²) in [6.45, 7) is 6.18. The van der Waals surface area contributed by atoms with Crippen molar-refractivity contribution in [2.24, 2.45) is 5.41 Å². The molecule has 4 fully saturated rings. The second-order valence-electron chi connectivity index (χ2n) is 10.5. The first-order chi connectivity index (χ1) is 15.7. The van der Waals surface area contributed by atoms with Crippen LogP contribution in [0.15, 0.2) is 36.4 Å². The Bertz CT molecular complexity index is 690. The van der Waals surface area contributed by atoms with Crippen LogP contribution in [0.1, 0.15) is 108 Å². The van der Waals surface area contributed by atoms with Crippen molar-refractivity contribution in [3.8, 4) is 0 Å². The van der Waals surface area contributed by atoms with Gasteiger partial charge in [-0.25, -0.2) is 0 Å². The van der Waals surface area contributed by atoms with E-state index < -0.39 is 0 Å². The molecule has 1 aromatic carbocycles. The van der Waals surface area contributed by atoms with Gasteiger partial charge in [-0.2, -0.15) is 0 Å². The molecule has 178 valence electrons. The topological polar surface area (TPSA) is 27.7 Å². The van der Waals surface area contributed by atoms with Crippen LogP contribution in [-0.2, 0) is 19.6 Å². The van der Waals surface area contributed by atoms with Crippen LogP contribution in [-0.4, -0.2) is 26.1 Å². The Kier molecular flexibility index (Phi) is 8.48. The predicted molar refractivity (Wildman–Crippen MR) is 131 cm³/mol. The van der Waals surface area contributed by atoms with Gasteiger partial charge >= 0.3 is 0 Å². The molecule has 1 heterocycles. The number of hydrogen-bond acceptors (Lipinski definition) is 3. The van der Waals surface area contributed by atoms with Crippen molar-refractivity contribution >= 4 is 0 Å². The lowest BCUT2D eigenvalue weighted by Crippen LogP contribution is -2.44. The first kappa shape index (κ1) is 24.0. The van der Waals surface area contributed by atoms with Gasteiger partial charge in [0.1, 0.15) is 6.10 Å². The van der Waals surface area contributed by atoms with Gasteiger partial charge in [0, 0.05) is 0 Å². The van der Waals surface area contributed by atoms with Crippen LogP contribution in [0.4, 0.5) is 0 Å². The van der Waals surface area contributed by atoms with E-state index in [1.54, 1.807) is 5.56 Å². The Morgan fingerprint density at radius 2 is 1.69 bits per heavy atom. The number of rotatable bonds is 11. The normalized spacial score (nSPS) is 32.6. The third-order valence-electron chi connectivity index (χ3n) is 8.53. The summed E-state index contributed by atoms with van der Waals surface area (Å²) in [5.74, 6) is 0. The largest absolute Gasteiger partial charge is 0.366 e. The van der Waals surface area contributed by atoms with E-state index in [1.807, 2.05) is 0 Å². The molecule has 2 bridgehead atoms. The summed E-state index contributed by atoms with van der Waals surface area (Å²) in [5.41, 5.74) is 3.90. The molecule has 2 atom stereocenters. The van der Waals surface area contributed by atoms with Gasteiger partial charge in [-0.3, -0.25) is 0 Å². The van der Waals surface area contributed by atoms with Crippen LogP contribution in [0, 0.1) is 5.41 Å². The molecule has 0 amide bonds. The molecule has 3 aliphatic carbocycles. The molecule has 0 radical (unpaired) electrons. The number of allylic oxidation sites excluding steroid dienone is 2. The minimum atomic E-state index is -0.225. The van der Waals surface area contributed by atoms with Gasteiger partial charge in [0.25, 0.3) is 0 Å². The first-order valence-corrected chi connectivity index (χ1v) is 13.3. The van der Waals surface area contributed by atoms with Gasteiger partial charge in [0.05, 0.1) is 19.8 Å². The smallest absolute Gasteiger partial charge is 0.180 e. The average molecular weight is 441 g/mol. The number of benzene rings is 1. The first-order valence-electron chi connectivity index (χ1n) is 13.3. The summed E-state index contributed by atoms with van der Waals surface area (Å²) < 4.78 is 17.8. The second kappa shape index (κ2) is 11.3. The molecule has 0 N–H and O–H groups in total. The molecule has 3 heteroatoms. The Balaban J connectivity index is 1.25. The second-order valence-corrected chi connectivity index (χ2v) is 10.5. The molecule has 32 heavy (non-hydrogen) atoms. The van der Waals surface area contributed by atoms with Crippen molar-refractivity contribution in [1.29, 1.82) is 0 Å². The van der Waals surface area contributed by atoms with E-state index in [-0.39, 0.29) is 12.4 Å². The molecule has 1 saturated heterocycles. The number of fused-ring (bicyclic) bond motifs is 3. The Morgan fingerprint density at radius 3 is 2.31 bits per heavy atom. The van der Waals surface area contributed by atoms with Crippen LogP contribution < -0.4 is 0 Å². The summed E-state index contributed by atoms with van der Waals surface area (Å²) in [6.07, 6.45) is 20.2. The van der Waals surface area contributed by atoms with Crippen molar-refractivity contribution in [3.05, 3.63) is 47.5 Å². The van der Waals surface area contributed by atoms with Crippen molar-refractivity contribution < 1.29 is 14.2 Å². The molecule has 0 spiro atoms. The lowest BCUT2D eigenvalue weighted by Gasteiger charge is -2.54. The third-order valence-corrected chi connectivity index (χ3v) is 8.53. The summed E-state index contributed by atoms with van der Waals surface area (Å²) in [6, 6.07) is 9.35. The van der Waals surface area contributed by atoms with E-state index in [1.165, 1.54) is 69.8 Å². The minimum Gasteiger partial charge on any atom is -0.366 e. The highest BCUT2D eigenvalue weighted by Crippen LogP contribution is 2.59. The molecule has 4 aliphatic rings. The quantitative estimate of drug-likeness (QED) is 0.261. The monoisotopic (exact) mass is 440 g/mol. The highest BCUT2D eigenvalue weighted by Gasteiger charge is 2.48. The number of hydrogen-bond donors (Lipinski definition) is 0. The van der Waals surface area contributed by atoms with Crippen molar-refractivity contribution in [3.63, 3.8) is 0 Å². The molecule has 1 aliphatic heterocycles. The van der Waals surface area contributed by atoms with Gasteiger partial charge in [-0.15, -0.1) is 0 Å². The van der Waals surface area contributed by atoms with E-state index in [0.717, 1.165) is 19.4 Å². The van der Waals surface area contributed by atoms with E-state index in [0.29, 0.717) is 24.0 Å². The highest BCUT2D eigenvalue weighted by molar-refractivity contribution is 5.32. The fourth-order valence-electron chi connectivity index (χ4n) is 6.23. The van der Waals surface area contributed by atoms with Crippen molar-refractivity contribution in [2.45, 2.75) is 109 Å². The highest BCUT2D eigenvalue weighted by atomic mass is 16.7. The van der Waals surface area contributed by atoms with Crippen LogP contribution in [0.2, 0.25) is 0 Å². The third kappa shape index (κ3) is 5.66. The summed E-state index contributed by atoms with van der Waals surface area (Å²) in [5, 5.41) is 0. The van der Waals surface area contributed by atoms with Gasteiger partial charge in [-0.1, -0.05) is 62.6 Å². The van der Waals surface area contributed by atoms with Gasteiger partial charge in [0.15, 0.2) is 6.29 Å². The van der Waals surface area contributed by atoms with E-state index in [4.69, 9.17) is 14.2 Å². The molecular formula is C29H44O3. The summed E-state index contributed by atoms with van der Waals surface area (Å²) in [4.78, 5) is 0. The standard InChI is InChI=1S/C29H44O3/c1-3-5-7-9-21-30-27-23-31-26(22-32-27)24-10-12-25(13-11-24)29-18-15-28(16-19-29,17-20-29)14-8-6-4-2/h3,5,10-13,26-27H,4,6-9,14-23H2,1-2H3/t26-,27+,28?,29?/m1/s1. The maximum Gasteiger partial charge on any atom is 0.180 e. The zero-order chi connectivity index (χ0) is 22.3. The molecule has 5 rings (SSSR count). The van der Waals surface area contributed by atoms with Crippen LogP contribution >= 0.6 is 0 Å². The Morgan fingerprint density at radius 1 is 0.938 bits per heavy atom. The fraction of sp³-hybridized carbons (Fsp3) is 0.724. The average Bonchev–Trinajstić information content (AvgIpc) is 2.86. The number of unbranched alkanes of at least 4 members (excludes halogenated alkanes) is 3. The van der Waals surface area contributed by atoms with E-state index in [9.17, 15) is 0 Å². The number of ether oxygens (including phenoxy) is 3. The van der Waals surface area contributed by atoms with Crippen LogP contribution in [0.3, 0.4) is 0 Å². The zero-order valence-electron chi connectivity index (χ0n) is 20.5. The summed E-state index contributed by atoms with van der Waals surface area (Å²) in [7, 11) is 0. The maximum absolute atomic E-state index is 6.10. The van der Waals surface area contributed by atoms with E-state index in [2.05, 4.69) is 50.3 Å². The molecule has 3 nitrogen and oxygen atoms in total. The molecule has 0 aromatic heterocycles. The van der Waals surface area contributed by atoms with Crippen LogP contribution in [0.25, 0.3) is 0 Å². The SMILES string of the molecule is CC=CCCCO[C@@H]1CO[C@@H](c2ccc(C34CCC(CCCCC)(CC3)CC4)cc2)CO1. The van der Waals surface area contributed by atoms with Crippen molar-refractivity contribution in [2.75, 3.05) is 19.8 Å². The van der Waals surface area contributed by atoms with Gasteiger partial charge in [-0.05, 0) is 86.7 Å². The Labute approximate surface area is 195 Å².